The first-order valence-electron chi connectivity index (χ1n) is 7.57. The number of amides is 2. The normalized spacial score (nSPS) is 10.1. The first-order valence-corrected chi connectivity index (χ1v) is 7.57. The number of hydrogen-bond acceptors (Lipinski definition) is 4. The van der Waals surface area contributed by atoms with Crippen molar-refractivity contribution in [2.75, 3.05) is 14.2 Å². The molecule has 6 nitrogen and oxygen atoms in total. The zero-order chi connectivity index (χ0) is 17.4. The van der Waals surface area contributed by atoms with Gasteiger partial charge in [0, 0.05) is 13.1 Å². The number of ether oxygens (including phenoxy) is 2. The summed E-state index contributed by atoms with van der Waals surface area (Å²) in [5.74, 6) is 1.28. The largest absolute Gasteiger partial charge is 0.493 e. The van der Waals surface area contributed by atoms with Crippen LogP contribution < -0.4 is 20.1 Å². The van der Waals surface area contributed by atoms with Gasteiger partial charge < -0.3 is 25.2 Å². The molecule has 0 bridgehead atoms. The van der Waals surface area contributed by atoms with Crippen LogP contribution in [0.1, 0.15) is 16.7 Å². The minimum absolute atomic E-state index is 0.0134. The van der Waals surface area contributed by atoms with Gasteiger partial charge in [0.05, 0.1) is 20.8 Å². The van der Waals surface area contributed by atoms with Crippen molar-refractivity contribution in [3.05, 3.63) is 59.2 Å². The maximum atomic E-state index is 11.9. The van der Waals surface area contributed by atoms with Crippen LogP contribution in [0.3, 0.4) is 0 Å². The molecule has 2 rings (SSSR count). The molecule has 0 unspecified atom stereocenters. The zero-order valence-electron chi connectivity index (χ0n) is 13.8. The molecule has 0 aliphatic heterocycles. The Hall–Kier alpha value is -2.73. The van der Waals surface area contributed by atoms with Crippen molar-refractivity contribution in [2.24, 2.45) is 0 Å². The van der Waals surface area contributed by atoms with E-state index < -0.39 is 0 Å². The van der Waals surface area contributed by atoms with E-state index in [1.165, 1.54) is 0 Å². The number of carbonyl (C=O) groups excluding carboxylic acids is 1. The molecular formula is C18H22N2O4. The van der Waals surface area contributed by atoms with Gasteiger partial charge in [0.1, 0.15) is 0 Å². The first kappa shape index (κ1) is 17.6. The van der Waals surface area contributed by atoms with Gasteiger partial charge in [-0.2, -0.15) is 0 Å². The lowest BCUT2D eigenvalue weighted by Crippen LogP contribution is -2.34. The Kier molecular flexibility index (Phi) is 6.45. The second-order valence-electron chi connectivity index (χ2n) is 5.20. The lowest BCUT2D eigenvalue weighted by atomic mass is 10.1. The maximum absolute atomic E-state index is 11.9. The number of aliphatic hydroxyl groups excluding tert-OH is 1. The number of methoxy groups -OCH3 is 2. The zero-order valence-corrected chi connectivity index (χ0v) is 13.8. The average molecular weight is 330 g/mol. The van der Waals surface area contributed by atoms with Gasteiger partial charge in [-0.1, -0.05) is 30.3 Å². The van der Waals surface area contributed by atoms with E-state index in [0.717, 1.165) is 16.7 Å². The molecule has 0 aliphatic carbocycles. The van der Waals surface area contributed by atoms with Crippen LogP contribution in [0, 0.1) is 0 Å². The van der Waals surface area contributed by atoms with Gasteiger partial charge in [-0.05, 0) is 28.8 Å². The third kappa shape index (κ3) is 4.89. The van der Waals surface area contributed by atoms with Gasteiger partial charge in [0.2, 0.25) is 0 Å². The topological polar surface area (TPSA) is 79.8 Å². The lowest BCUT2D eigenvalue weighted by Gasteiger charge is -2.11. The van der Waals surface area contributed by atoms with E-state index in [9.17, 15) is 4.79 Å². The second kappa shape index (κ2) is 8.79. The van der Waals surface area contributed by atoms with E-state index in [4.69, 9.17) is 14.6 Å². The number of urea groups is 1. The van der Waals surface area contributed by atoms with Gasteiger partial charge in [-0.25, -0.2) is 4.79 Å². The highest BCUT2D eigenvalue weighted by Crippen LogP contribution is 2.27. The third-order valence-corrected chi connectivity index (χ3v) is 3.56. The Bertz CT molecular complexity index is 671. The predicted octanol–water partition coefficient (Wildman–Crippen LogP) is 2.20. The van der Waals surface area contributed by atoms with Crippen molar-refractivity contribution < 1.29 is 19.4 Å². The summed E-state index contributed by atoms with van der Waals surface area (Å²) in [5, 5.41) is 14.6. The molecule has 0 fully saturated rings. The Labute approximate surface area is 141 Å². The standard InChI is InChI=1S/C18H22N2O4/c1-23-16-8-7-15(9-17(16)24-2)11-20-18(22)19-10-13-3-5-14(12-21)6-4-13/h3-9,21H,10-12H2,1-2H3,(H2,19,20,22). The molecule has 2 aromatic rings. The van der Waals surface area contributed by atoms with E-state index in [0.29, 0.717) is 24.6 Å². The summed E-state index contributed by atoms with van der Waals surface area (Å²) in [6, 6.07) is 12.7. The molecule has 0 radical (unpaired) electrons. The van der Waals surface area contributed by atoms with E-state index in [-0.39, 0.29) is 12.6 Å². The van der Waals surface area contributed by atoms with Crippen LogP contribution in [-0.4, -0.2) is 25.4 Å². The van der Waals surface area contributed by atoms with Crippen LogP contribution in [0.5, 0.6) is 11.5 Å². The molecule has 0 saturated carbocycles. The second-order valence-corrected chi connectivity index (χ2v) is 5.20. The summed E-state index contributed by atoms with van der Waals surface area (Å²) in [5.41, 5.74) is 2.72. The Morgan fingerprint density at radius 1 is 0.875 bits per heavy atom. The molecule has 0 heterocycles. The van der Waals surface area contributed by atoms with Crippen LogP contribution >= 0.6 is 0 Å². The molecule has 2 aromatic carbocycles. The summed E-state index contributed by atoms with van der Waals surface area (Å²) < 4.78 is 10.4. The van der Waals surface area contributed by atoms with Crippen LogP contribution in [-0.2, 0) is 19.7 Å². The molecule has 0 spiro atoms. The molecule has 24 heavy (non-hydrogen) atoms. The van der Waals surface area contributed by atoms with Gasteiger partial charge in [-0.15, -0.1) is 0 Å². The predicted molar refractivity (Wildman–Crippen MR) is 91.0 cm³/mol. The van der Waals surface area contributed by atoms with Gasteiger partial charge in [-0.3, -0.25) is 0 Å². The molecule has 0 atom stereocenters. The number of benzene rings is 2. The summed E-state index contributed by atoms with van der Waals surface area (Å²) in [7, 11) is 3.15. The minimum atomic E-state index is -0.254. The third-order valence-electron chi connectivity index (χ3n) is 3.56. The molecule has 0 aromatic heterocycles. The van der Waals surface area contributed by atoms with Crippen molar-refractivity contribution in [1.82, 2.24) is 10.6 Å². The maximum Gasteiger partial charge on any atom is 0.315 e. The number of hydrogen-bond donors (Lipinski definition) is 3. The quantitative estimate of drug-likeness (QED) is 0.727. The van der Waals surface area contributed by atoms with Crippen LogP contribution in [0.4, 0.5) is 4.79 Å². The van der Waals surface area contributed by atoms with Gasteiger partial charge in [0.15, 0.2) is 11.5 Å². The van der Waals surface area contributed by atoms with Crippen molar-refractivity contribution in [2.45, 2.75) is 19.7 Å². The molecule has 128 valence electrons. The Morgan fingerprint density at radius 3 is 2.00 bits per heavy atom. The SMILES string of the molecule is COc1ccc(CNC(=O)NCc2ccc(CO)cc2)cc1OC. The lowest BCUT2D eigenvalue weighted by molar-refractivity contribution is 0.240. The number of rotatable bonds is 7. The monoisotopic (exact) mass is 330 g/mol. The van der Waals surface area contributed by atoms with E-state index >= 15 is 0 Å². The van der Waals surface area contributed by atoms with Crippen molar-refractivity contribution >= 4 is 6.03 Å². The molecule has 3 N–H and O–H groups in total. The fourth-order valence-electron chi connectivity index (χ4n) is 2.18. The van der Waals surface area contributed by atoms with E-state index in [2.05, 4.69) is 10.6 Å². The molecule has 0 saturated heterocycles. The summed E-state index contributed by atoms with van der Waals surface area (Å²) in [6.07, 6.45) is 0. The number of nitrogens with one attached hydrogen (secondary N) is 2. The highest BCUT2D eigenvalue weighted by molar-refractivity contribution is 5.73. The van der Waals surface area contributed by atoms with Crippen LogP contribution in [0.2, 0.25) is 0 Å². The fourth-order valence-corrected chi connectivity index (χ4v) is 2.18. The van der Waals surface area contributed by atoms with Crippen molar-refractivity contribution in [3.8, 4) is 11.5 Å². The summed E-state index contributed by atoms with van der Waals surface area (Å²) in [4.78, 5) is 11.9. The highest BCUT2D eigenvalue weighted by Gasteiger charge is 2.06. The summed E-state index contributed by atoms with van der Waals surface area (Å²) in [6.45, 7) is 0.818. The summed E-state index contributed by atoms with van der Waals surface area (Å²) >= 11 is 0. The number of carbonyl (C=O) groups is 1. The first-order chi connectivity index (χ1) is 11.7. The van der Waals surface area contributed by atoms with E-state index in [1.807, 2.05) is 36.4 Å². The van der Waals surface area contributed by atoms with Crippen LogP contribution in [0.15, 0.2) is 42.5 Å². The Morgan fingerprint density at radius 2 is 1.42 bits per heavy atom. The fraction of sp³-hybridized carbons (Fsp3) is 0.278. The van der Waals surface area contributed by atoms with Gasteiger partial charge in [0.25, 0.3) is 0 Å². The average Bonchev–Trinajstić information content (AvgIpc) is 2.64. The van der Waals surface area contributed by atoms with E-state index in [1.54, 1.807) is 20.3 Å². The van der Waals surface area contributed by atoms with Crippen LogP contribution in [0.25, 0.3) is 0 Å². The highest BCUT2D eigenvalue weighted by atomic mass is 16.5. The van der Waals surface area contributed by atoms with Gasteiger partial charge >= 0.3 is 6.03 Å². The molecular weight excluding hydrogens is 308 g/mol. The molecule has 2 amide bonds. The molecule has 6 heteroatoms. The smallest absolute Gasteiger partial charge is 0.315 e. The van der Waals surface area contributed by atoms with Crippen molar-refractivity contribution in [1.29, 1.82) is 0 Å². The Balaban J connectivity index is 1.82. The minimum Gasteiger partial charge on any atom is -0.493 e. The number of aliphatic hydroxyl groups is 1. The molecule has 0 aliphatic rings. The van der Waals surface area contributed by atoms with Crippen molar-refractivity contribution in [3.63, 3.8) is 0 Å².